The summed E-state index contributed by atoms with van der Waals surface area (Å²) in [6.45, 7) is 1.96. The Morgan fingerprint density at radius 1 is 1.04 bits per heavy atom. The first kappa shape index (κ1) is 15.7. The van der Waals surface area contributed by atoms with Crippen LogP contribution in [-0.4, -0.2) is 22.4 Å². The Balaban J connectivity index is 2.22. The van der Waals surface area contributed by atoms with Gasteiger partial charge in [-0.1, -0.05) is 48.5 Å². The van der Waals surface area contributed by atoms with Gasteiger partial charge in [-0.15, -0.1) is 0 Å². The van der Waals surface area contributed by atoms with E-state index in [0.29, 0.717) is 11.3 Å². The standard InChI is InChI=1S/C19H16N2O3/c1-2-24-19(23)18-16(14-9-5-3-6-10-14)13-17(22)21(20-18)15-11-7-4-8-12-15/h3-13H,2H2,1H3. The Hall–Kier alpha value is -3.21. The molecule has 0 fully saturated rings. The molecule has 0 unspecified atom stereocenters. The summed E-state index contributed by atoms with van der Waals surface area (Å²) < 4.78 is 6.31. The molecular weight excluding hydrogens is 304 g/mol. The van der Waals surface area contributed by atoms with Crippen molar-refractivity contribution in [1.82, 2.24) is 9.78 Å². The molecule has 0 amide bonds. The van der Waals surface area contributed by atoms with Crippen LogP contribution in [0.3, 0.4) is 0 Å². The molecule has 24 heavy (non-hydrogen) atoms. The first-order valence-electron chi connectivity index (χ1n) is 7.63. The average Bonchev–Trinajstić information content (AvgIpc) is 2.63. The summed E-state index contributed by atoms with van der Waals surface area (Å²) >= 11 is 0. The molecule has 0 aliphatic heterocycles. The van der Waals surface area contributed by atoms with Gasteiger partial charge in [0.05, 0.1) is 12.3 Å². The second-order valence-corrected chi connectivity index (χ2v) is 5.08. The van der Waals surface area contributed by atoms with E-state index in [-0.39, 0.29) is 17.9 Å². The second kappa shape index (κ2) is 6.91. The summed E-state index contributed by atoms with van der Waals surface area (Å²) in [5.41, 5.74) is 1.60. The van der Waals surface area contributed by atoms with Crippen LogP contribution >= 0.6 is 0 Å². The van der Waals surface area contributed by atoms with E-state index in [1.165, 1.54) is 10.7 Å². The monoisotopic (exact) mass is 320 g/mol. The second-order valence-electron chi connectivity index (χ2n) is 5.08. The molecule has 1 heterocycles. The van der Waals surface area contributed by atoms with Crippen molar-refractivity contribution in [3.05, 3.63) is 82.8 Å². The third-order valence-corrected chi connectivity index (χ3v) is 3.49. The predicted molar refractivity (Wildman–Crippen MR) is 91.2 cm³/mol. The van der Waals surface area contributed by atoms with Gasteiger partial charge in [-0.2, -0.15) is 9.78 Å². The Bertz CT molecular complexity index is 903. The molecule has 0 N–H and O–H groups in total. The lowest BCUT2D eigenvalue weighted by Gasteiger charge is -2.11. The lowest BCUT2D eigenvalue weighted by molar-refractivity contribution is 0.0518. The van der Waals surface area contributed by atoms with Crippen LogP contribution < -0.4 is 5.56 Å². The Labute approximate surface area is 139 Å². The predicted octanol–water partition coefficient (Wildman–Crippen LogP) is 3.08. The third kappa shape index (κ3) is 3.10. The number of rotatable bonds is 4. The summed E-state index contributed by atoms with van der Waals surface area (Å²) in [5, 5.41) is 4.27. The topological polar surface area (TPSA) is 61.2 Å². The maximum Gasteiger partial charge on any atom is 0.359 e. The van der Waals surface area contributed by atoms with Crippen LogP contribution in [-0.2, 0) is 4.74 Å². The number of esters is 1. The van der Waals surface area contributed by atoms with E-state index in [0.717, 1.165) is 5.56 Å². The third-order valence-electron chi connectivity index (χ3n) is 3.49. The molecule has 0 atom stereocenters. The number of nitrogens with zero attached hydrogens (tertiary/aromatic N) is 2. The normalized spacial score (nSPS) is 10.4. The van der Waals surface area contributed by atoms with Gasteiger partial charge in [-0.05, 0) is 24.6 Å². The zero-order chi connectivity index (χ0) is 16.9. The zero-order valence-corrected chi connectivity index (χ0v) is 13.2. The maximum atomic E-state index is 12.5. The van der Waals surface area contributed by atoms with Gasteiger partial charge in [0.15, 0.2) is 5.69 Å². The van der Waals surface area contributed by atoms with E-state index < -0.39 is 5.97 Å². The van der Waals surface area contributed by atoms with E-state index in [2.05, 4.69) is 5.10 Å². The van der Waals surface area contributed by atoms with E-state index in [9.17, 15) is 9.59 Å². The fraction of sp³-hybridized carbons (Fsp3) is 0.105. The SMILES string of the molecule is CCOC(=O)c1nn(-c2ccccc2)c(=O)cc1-c1ccccc1. The highest BCUT2D eigenvalue weighted by molar-refractivity contribution is 5.95. The maximum absolute atomic E-state index is 12.5. The van der Waals surface area contributed by atoms with Crippen molar-refractivity contribution in [3.8, 4) is 16.8 Å². The van der Waals surface area contributed by atoms with Crippen LogP contribution in [0, 0.1) is 0 Å². The largest absolute Gasteiger partial charge is 0.461 e. The van der Waals surface area contributed by atoms with Crippen molar-refractivity contribution in [3.63, 3.8) is 0 Å². The molecule has 120 valence electrons. The Morgan fingerprint density at radius 3 is 2.29 bits per heavy atom. The number of benzene rings is 2. The molecule has 0 aliphatic carbocycles. The fourth-order valence-corrected chi connectivity index (χ4v) is 2.40. The Kier molecular flexibility index (Phi) is 4.52. The first-order valence-corrected chi connectivity index (χ1v) is 7.63. The summed E-state index contributed by atoms with van der Waals surface area (Å²) in [7, 11) is 0. The highest BCUT2D eigenvalue weighted by Gasteiger charge is 2.19. The number of aromatic nitrogens is 2. The molecule has 0 bridgehead atoms. The number of hydrogen-bond acceptors (Lipinski definition) is 4. The summed E-state index contributed by atoms with van der Waals surface area (Å²) in [4.78, 5) is 24.8. The number of hydrogen-bond donors (Lipinski definition) is 0. The molecule has 0 radical (unpaired) electrons. The minimum absolute atomic E-state index is 0.117. The van der Waals surface area contributed by atoms with Crippen LogP contribution in [0.5, 0.6) is 0 Å². The highest BCUT2D eigenvalue weighted by Crippen LogP contribution is 2.21. The van der Waals surface area contributed by atoms with Crippen molar-refractivity contribution < 1.29 is 9.53 Å². The van der Waals surface area contributed by atoms with E-state index in [1.807, 2.05) is 36.4 Å². The van der Waals surface area contributed by atoms with Crippen molar-refractivity contribution in [2.45, 2.75) is 6.92 Å². The van der Waals surface area contributed by atoms with E-state index in [1.54, 1.807) is 31.2 Å². The average molecular weight is 320 g/mol. The minimum Gasteiger partial charge on any atom is -0.461 e. The van der Waals surface area contributed by atoms with E-state index in [4.69, 9.17) is 4.74 Å². The fourth-order valence-electron chi connectivity index (χ4n) is 2.40. The molecule has 3 rings (SSSR count). The van der Waals surface area contributed by atoms with Gasteiger partial charge in [0.1, 0.15) is 0 Å². The van der Waals surface area contributed by atoms with Gasteiger partial charge in [0.2, 0.25) is 0 Å². The van der Waals surface area contributed by atoms with Gasteiger partial charge in [-0.3, -0.25) is 4.79 Å². The molecule has 5 heteroatoms. The number of para-hydroxylation sites is 1. The molecule has 0 aliphatic rings. The lowest BCUT2D eigenvalue weighted by Crippen LogP contribution is -2.25. The smallest absolute Gasteiger partial charge is 0.359 e. The first-order chi connectivity index (χ1) is 11.7. The number of carbonyl (C=O) groups excluding carboxylic acids is 1. The zero-order valence-electron chi connectivity index (χ0n) is 13.2. The van der Waals surface area contributed by atoms with Crippen molar-refractivity contribution in [2.75, 3.05) is 6.61 Å². The molecule has 0 saturated heterocycles. The van der Waals surface area contributed by atoms with Crippen molar-refractivity contribution >= 4 is 5.97 Å². The summed E-state index contributed by atoms with van der Waals surface area (Å²) in [6, 6.07) is 19.6. The van der Waals surface area contributed by atoms with Gasteiger partial charge in [0.25, 0.3) is 5.56 Å². The molecule has 3 aromatic rings. The van der Waals surface area contributed by atoms with Crippen LogP contribution in [0.4, 0.5) is 0 Å². The Morgan fingerprint density at radius 2 is 1.67 bits per heavy atom. The summed E-state index contributed by atoms with van der Waals surface area (Å²) in [5.74, 6) is -0.555. The summed E-state index contributed by atoms with van der Waals surface area (Å²) in [6.07, 6.45) is 0. The van der Waals surface area contributed by atoms with E-state index >= 15 is 0 Å². The number of carbonyl (C=O) groups is 1. The lowest BCUT2D eigenvalue weighted by atomic mass is 10.0. The van der Waals surface area contributed by atoms with Gasteiger partial charge in [0, 0.05) is 11.6 Å². The van der Waals surface area contributed by atoms with Crippen LogP contribution in [0.1, 0.15) is 17.4 Å². The molecule has 0 spiro atoms. The molecule has 1 aromatic heterocycles. The van der Waals surface area contributed by atoms with Crippen molar-refractivity contribution in [1.29, 1.82) is 0 Å². The van der Waals surface area contributed by atoms with Crippen LogP contribution in [0.15, 0.2) is 71.5 Å². The number of ether oxygens (including phenoxy) is 1. The molecule has 5 nitrogen and oxygen atoms in total. The minimum atomic E-state index is -0.555. The van der Waals surface area contributed by atoms with Crippen LogP contribution in [0.25, 0.3) is 16.8 Å². The molecule has 0 saturated carbocycles. The van der Waals surface area contributed by atoms with Gasteiger partial charge >= 0.3 is 5.97 Å². The van der Waals surface area contributed by atoms with Crippen LogP contribution in [0.2, 0.25) is 0 Å². The molecule has 2 aromatic carbocycles. The van der Waals surface area contributed by atoms with Gasteiger partial charge in [-0.25, -0.2) is 4.79 Å². The molecular formula is C19H16N2O3. The highest BCUT2D eigenvalue weighted by atomic mass is 16.5. The van der Waals surface area contributed by atoms with Crippen molar-refractivity contribution in [2.24, 2.45) is 0 Å². The quantitative estimate of drug-likeness (QED) is 0.693. The van der Waals surface area contributed by atoms with Gasteiger partial charge < -0.3 is 4.74 Å².